The number of hydrogen-bond donors (Lipinski definition) is 1. The summed E-state index contributed by atoms with van der Waals surface area (Å²) in [6.07, 6.45) is 5.61. The number of rotatable bonds is 14. The molecule has 12 heteroatoms. The molecule has 4 aromatic rings. The van der Waals surface area contributed by atoms with Gasteiger partial charge in [-0.1, -0.05) is 37.6 Å². The SMILES string of the molecule is CCC(OCCS(=O)(=O)CC)C1(c2cc3c(Nc4ccc(OCc5cccc(F)c5)c(Cl)c4)ncnc3cc2OC)CC=CO1. The largest absolute Gasteiger partial charge is 0.496 e. The molecule has 0 amide bonds. The van der Waals surface area contributed by atoms with Gasteiger partial charge in [-0.25, -0.2) is 22.8 Å². The van der Waals surface area contributed by atoms with Crippen molar-refractivity contribution in [3.63, 3.8) is 0 Å². The second kappa shape index (κ2) is 14.0. The number of ether oxygens (including phenoxy) is 4. The molecule has 0 fully saturated rings. The highest BCUT2D eigenvalue weighted by atomic mass is 35.5. The molecule has 0 aliphatic carbocycles. The highest BCUT2D eigenvalue weighted by Crippen LogP contribution is 2.46. The summed E-state index contributed by atoms with van der Waals surface area (Å²) in [6.45, 7) is 3.81. The van der Waals surface area contributed by atoms with Gasteiger partial charge in [-0.05, 0) is 54.5 Å². The van der Waals surface area contributed by atoms with Gasteiger partial charge in [-0.3, -0.25) is 0 Å². The van der Waals surface area contributed by atoms with Crippen LogP contribution in [0.25, 0.3) is 10.9 Å². The lowest BCUT2D eigenvalue weighted by Crippen LogP contribution is -2.41. The van der Waals surface area contributed by atoms with E-state index in [9.17, 15) is 12.8 Å². The molecular weight excluding hydrogens is 621 g/mol. The summed E-state index contributed by atoms with van der Waals surface area (Å²) in [5.41, 5.74) is 1.76. The van der Waals surface area contributed by atoms with Crippen LogP contribution in [0.3, 0.4) is 0 Å². The third-order valence-corrected chi connectivity index (χ3v) is 9.69. The summed E-state index contributed by atoms with van der Waals surface area (Å²) in [4.78, 5) is 8.97. The average molecular weight is 656 g/mol. The van der Waals surface area contributed by atoms with Crippen LogP contribution in [0, 0.1) is 5.82 Å². The Morgan fingerprint density at radius 3 is 2.64 bits per heavy atom. The number of fused-ring (bicyclic) bond motifs is 1. The second-order valence-corrected chi connectivity index (χ2v) is 13.4. The lowest BCUT2D eigenvalue weighted by Gasteiger charge is -2.37. The molecule has 0 saturated carbocycles. The number of nitrogens with zero attached hydrogens (tertiary/aromatic N) is 2. The molecule has 0 radical (unpaired) electrons. The van der Waals surface area contributed by atoms with Gasteiger partial charge in [-0.2, -0.15) is 0 Å². The van der Waals surface area contributed by atoms with Crippen molar-refractivity contribution in [3.05, 3.63) is 95.2 Å². The number of benzene rings is 3. The van der Waals surface area contributed by atoms with Crippen molar-refractivity contribution in [3.8, 4) is 11.5 Å². The Kier molecular flexibility index (Phi) is 10.1. The first-order valence-corrected chi connectivity index (χ1v) is 16.8. The van der Waals surface area contributed by atoms with Crippen molar-refractivity contribution in [1.29, 1.82) is 0 Å². The standard InChI is InChI=1S/C33H35ClFN3O6S/c1-4-31(42-14-15-45(39,40)5-2)33(12-7-13-44-33)26-18-25-28(19-30(26)41-3)36-21-37-32(25)38-24-10-11-29(27(34)17-24)43-20-22-8-6-9-23(35)16-22/h6-11,13,16-19,21,31H,4-5,12,14-15,20H2,1-3H3,(H,36,37,38). The Morgan fingerprint density at radius 1 is 1.11 bits per heavy atom. The van der Waals surface area contributed by atoms with E-state index in [2.05, 4.69) is 15.3 Å². The molecule has 238 valence electrons. The van der Waals surface area contributed by atoms with Gasteiger partial charge in [0.05, 0.1) is 36.3 Å². The monoisotopic (exact) mass is 655 g/mol. The maximum Gasteiger partial charge on any atom is 0.166 e. The third-order valence-electron chi connectivity index (χ3n) is 7.73. The number of sulfone groups is 1. The fourth-order valence-corrected chi connectivity index (χ4v) is 6.22. The van der Waals surface area contributed by atoms with Crippen molar-refractivity contribution in [2.45, 2.75) is 45.0 Å². The van der Waals surface area contributed by atoms with E-state index < -0.39 is 21.5 Å². The Labute approximate surface area is 267 Å². The molecule has 1 aliphatic rings. The van der Waals surface area contributed by atoms with Gasteiger partial charge in [0.2, 0.25) is 0 Å². The molecule has 1 N–H and O–H groups in total. The van der Waals surface area contributed by atoms with Gasteiger partial charge in [0.25, 0.3) is 0 Å². The van der Waals surface area contributed by atoms with E-state index in [1.165, 1.54) is 18.5 Å². The van der Waals surface area contributed by atoms with Gasteiger partial charge in [0.1, 0.15) is 42.2 Å². The molecule has 2 unspecified atom stereocenters. The summed E-state index contributed by atoms with van der Waals surface area (Å²) in [5, 5.41) is 4.40. The second-order valence-electron chi connectivity index (χ2n) is 10.6. The lowest BCUT2D eigenvalue weighted by atomic mass is 9.83. The normalized spacial score (nSPS) is 16.8. The predicted octanol–water partition coefficient (Wildman–Crippen LogP) is 7.11. The van der Waals surface area contributed by atoms with Crippen LogP contribution in [-0.2, 0) is 31.5 Å². The molecular formula is C33H35ClFN3O6S. The quantitative estimate of drug-likeness (QED) is 0.152. The highest BCUT2D eigenvalue weighted by molar-refractivity contribution is 7.91. The first kappa shape index (κ1) is 32.5. The summed E-state index contributed by atoms with van der Waals surface area (Å²) in [7, 11) is -1.61. The third kappa shape index (κ3) is 7.32. The minimum Gasteiger partial charge on any atom is -0.496 e. The first-order chi connectivity index (χ1) is 21.7. The molecule has 0 bridgehead atoms. The zero-order chi connectivity index (χ0) is 32.0. The summed E-state index contributed by atoms with van der Waals surface area (Å²) in [5.74, 6) is 1.19. The van der Waals surface area contributed by atoms with Crippen molar-refractivity contribution >= 4 is 43.8 Å². The average Bonchev–Trinajstić information content (AvgIpc) is 3.53. The number of nitrogens with one attached hydrogen (secondary N) is 1. The number of anilines is 2. The zero-order valence-corrected chi connectivity index (χ0v) is 26.8. The van der Waals surface area contributed by atoms with Crippen LogP contribution >= 0.6 is 11.6 Å². The van der Waals surface area contributed by atoms with Crippen LogP contribution < -0.4 is 14.8 Å². The summed E-state index contributed by atoms with van der Waals surface area (Å²) >= 11 is 6.55. The van der Waals surface area contributed by atoms with E-state index in [1.54, 1.807) is 44.6 Å². The molecule has 2 atom stereocenters. The van der Waals surface area contributed by atoms with Crippen LogP contribution in [0.5, 0.6) is 11.5 Å². The van der Waals surface area contributed by atoms with Gasteiger partial charge in [0.15, 0.2) is 15.4 Å². The van der Waals surface area contributed by atoms with Gasteiger partial charge >= 0.3 is 0 Å². The van der Waals surface area contributed by atoms with Crippen molar-refractivity contribution in [2.75, 3.05) is 30.5 Å². The van der Waals surface area contributed by atoms with Gasteiger partial charge in [-0.15, -0.1) is 0 Å². The molecule has 45 heavy (non-hydrogen) atoms. The van der Waals surface area contributed by atoms with E-state index >= 15 is 0 Å². The Balaban J connectivity index is 1.44. The van der Waals surface area contributed by atoms with Crippen LogP contribution in [0.2, 0.25) is 5.02 Å². The molecule has 2 heterocycles. The number of hydrogen-bond acceptors (Lipinski definition) is 9. The number of aromatic nitrogens is 2. The fourth-order valence-electron chi connectivity index (χ4n) is 5.34. The first-order valence-electron chi connectivity index (χ1n) is 14.6. The number of methoxy groups -OCH3 is 1. The topological polar surface area (TPSA) is 109 Å². The molecule has 1 aliphatic heterocycles. The molecule has 3 aromatic carbocycles. The zero-order valence-electron chi connectivity index (χ0n) is 25.3. The maximum atomic E-state index is 13.5. The minimum absolute atomic E-state index is 0.0499. The molecule has 9 nitrogen and oxygen atoms in total. The van der Waals surface area contributed by atoms with E-state index in [4.69, 9.17) is 30.5 Å². The molecule has 0 saturated heterocycles. The smallest absolute Gasteiger partial charge is 0.166 e. The molecule has 0 spiro atoms. The lowest BCUT2D eigenvalue weighted by molar-refractivity contribution is -0.108. The highest BCUT2D eigenvalue weighted by Gasteiger charge is 2.46. The maximum absolute atomic E-state index is 13.5. The summed E-state index contributed by atoms with van der Waals surface area (Å²) in [6, 6.07) is 15.2. The van der Waals surface area contributed by atoms with Crippen LogP contribution in [0.1, 0.15) is 37.8 Å². The van der Waals surface area contributed by atoms with Crippen LogP contribution in [0.15, 0.2) is 73.3 Å². The van der Waals surface area contributed by atoms with E-state index in [0.29, 0.717) is 57.3 Å². The predicted molar refractivity (Wildman–Crippen MR) is 172 cm³/mol. The van der Waals surface area contributed by atoms with Gasteiger partial charge in [0, 0.05) is 34.9 Å². The van der Waals surface area contributed by atoms with Crippen molar-refractivity contribution < 1.29 is 31.8 Å². The van der Waals surface area contributed by atoms with Crippen molar-refractivity contribution in [1.82, 2.24) is 9.97 Å². The molecule has 1 aromatic heterocycles. The Hall–Kier alpha value is -3.93. The van der Waals surface area contributed by atoms with Crippen LogP contribution in [-0.4, -0.2) is 49.7 Å². The van der Waals surface area contributed by atoms with E-state index in [-0.39, 0.29) is 30.5 Å². The number of halogens is 2. The fraction of sp³-hybridized carbons (Fsp3) is 0.333. The minimum atomic E-state index is -3.19. The molecule has 5 rings (SSSR count). The Morgan fingerprint density at radius 2 is 1.96 bits per heavy atom. The van der Waals surface area contributed by atoms with E-state index in [0.717, 1.165) is 5.56 Å². The van der Waals surface area contributed by atoms with E-state index in [1.807, 2.05) is 31.2 Å². The van der Waals surface area contributed by atoms with Crippen molar-refractivity contribution in [2.24, 2.45) is 0 Å². The van der Waals surface area contributed by atoms with Gasteiger partial charge < -0.3 is 24.3 Å². The van der Waals surface area contributed by atoms with Crippen LogP contribution in [0.4, 0.5) is 15.9 Å². The summed E-state index contributed by atoms with van der Waals surface area (Å²) < 4.78 is 61.9. The Bertz CT molecular complexity index is 1800.